The number of hydrogen-bond acceptors (Lipinski definition) is 7. The molecule has 10 heteroatoms. The molecule has 0 saturated carbocycles. The fourth-order valence-electron chi connectivity index (χ4n) is 2.95. The lowest BCUT2D eigenvalue weighted by atomic mass is 10.2. The van der Waals surface area contributed by atoms with Gasteiger partial charge in [-0.2, -0.15) is 4.31 Å². The topological polar surface area (TPSA) is 97.3 Å². The second kappa shape index (κ2) is 9.86. The van der Waals surface area contributed by atoms with Crippen LogP contribution in [-0.4, -0.2) is 51.7 Å². The molecule has 1 aliphatic heterocycles. The zero-order valence-electron chi connectivity index (χ0n) is 16.0. The highest BCUT2D eigenvalue weighted by Crippen LogP contribution is 2.31. The van der Waals surface area contributed by atoms with Gasteiger partial charge in [-0.1, -0.05) is 17.6 Å². The number of nitrogens with zero attached hydrogens (tertiary/aromatic N) is 2. The summed E-state index contributed by atoms with van der Waals surface area (Å²) in [5.41, 5.74) is 0.345. The second-order valence-electron chi connectivity index (χ2n) is 6.40. The minimum absolute atomic E-state index is 0.0383. The van der Waals surface area contributed by atoms with Crippen LogP contribution in [0.5, 0.6) is 5.75 Å². The van der Waals surface area contributed by atoms with Gasteiger partial charge in [-0.25, -0.2) is 8.42 Å². The Morgan fingerprint density at radius 3 is 2.76 bits per heavy atom. The van der Waals surface area contributed by atoms with Crippen molar-refractivity contribution in [3.63, 3.8) is 0 Å². The van der Waals surface area contributed by atoms with E-state index >= 15 is 0 Å². The molecule has 1 amide bonds. The second-order valence-corrected chi connectivity index (χ2v) is 9.29. The van der Waals surface area contributed by atoms with Crippen LogP contribution in [0.3, 0.4) is 0 Å². The van der Waals surface area contributed by atoms with Crippen molar-refractivity contribution in [3.05, 3.63) is 40.6 Å². The Bertz CT molecular complexity index is 952. The maximum atomic E-state index is 13.0. The van der Waals surface area contributed by atoms with Crippen molar-refractivity contribution in [3.8, 4) is 5.75 Å². The highest BCUT2D eigenvalue weighted by atomic mass is 32.2. The molecule has 1 fully saturated rings. The summed E-state index contributed by atoms with van der Waals surface area (Å²) in [6.45, 7) is 0.679. The molecule has 1 aromatic carbocycles. The van der Waals surface area contributed by atoms with E-state index in [9.17, 15) is 13.2 Å². The van der Waals surface area contributed by atoms with Gasteiger partial charge in [0, 0.05) is 23.7 Å². The molecule has 29 heavy (non-hydrogen) atoms. The minimum Gasteiger partial charge on any atom is -0.495 e. The van der Waals surface area contributed by atoms with Crippen molar-refractivity contribution in [2.24, 2.45) is 5.16 Å². The normalized spacial score (nSPS) is 15.3. The lowest BCUT2D eigenvalue weighted by molar-refractivity contribution is -0.120. The molecule has 1 saturated heterocycles. The van der Waals surface area contributed by atoms with E-state index in [0.29, 0.717) is 18.8 Å². The summed E-state index contributed by atoms with van der Waals surface area (Å²) in [7, 11) is -2.29. The summed E-state index contributed by atoms with van der Waals surface area (Å²) in [4.78, 5) is 18.0. The average molecular weight is 438 g/mol. The first-order chi connectivity index (χ1) is 14.0. The summed E-state index contributed by atoms with van der Waals surface area (Å²) in [6.07, 6.45) is 4.21. The Labute approximate surface area is 174 Å². The molecule has 0 bridgehead atoms. The van der Waals surface area contributed by atoms with Gasteiger partial charge in [0.25, 0.3) is 5.91 Å². The molecule has 2 heterocycles. The lowest BCUT2D eigenvalue weighted by Crippen LogP contribution is -2.35. The number of methoxy groups -OCH3 is 1. The Kier molecular flexibility index (Phi) is 7.24. The van der Waals surface area contributed by atoms with Crippen LogP contribution in [0.15, 0.2) is 45.8 Å². The van der Waals surface area contributed by atoms with Gasteiger partial charge >= 0.3 is 0 Å². The standard InChI is InChI=1S/C19H23N3O5S2/c1-26-17-8-7-15(12-18(17)29(24,25)22-9-3-2-4-10-22)21-19(23)14-27-20-13-16-6-5-11-28-16/h5-8,11-13H,2-4,9-10,14H2,1H3,(H,21,23)/b20-13+. The van der Waals surface area contributed by atoms with Crippen LogP contribution in [0.25, 0.3) is 0 Å². The molecule has 1 aromatic heterocycles. The first kappa shape index (κ1) is 21.3. The number of anilines is 1. The number of oxime groups is 1. The highest BCUT2D eigenvalue weighted by molar-refractivity contribution is 7.89. The molecule has 0 spiro atoms. The summed E-state index contributed by atoms with van der Waals surface area (Å²) in [5, 5.41) is 8.28. The van der Waals surface area contributed by atoms with Crippen LogP contribution in [0, 0.1) is 0 Å². The number of piperidine rings is 1. The van der Waals surface area contributed by atoms with Gasteiger partial charge in [0.05, 0.1) is 13.3 Å². The molecule has 0 atom stereocenters. The summed E-state index contributed by atoms with van der Waals surface area (Å²) >= 11 is 1.50. The van der Waals surface area contributed by atoms with E-state index in [-0.39, 0.29) is 17.3 Å². The maximum Gasteiger partial charge on any atom is 0.265 e. The third-order valence-corrected chi connectivity index (χ3v) is 7.10. The zero-order chi connectivity index (χ0) is 20.7. The van der Waals surface area contributed by atoms with Crippen molar-refractivity contribution in [2.75, 3.05) is 32.1 Å². The van der Waals surface area contributed by atoms with Crippen LogP contribution < -0.4 is 10.1 Å². The Hall–Kier alpha value is -2.43. The molecule has 3 rings (SSSR count). The molecule has 0 unspecified atom stereocenters. The molecule has 2 aromatic rings. The molecular formula is C19H23N3O5S2. The van der Waals surface area contributed by atoms with Gasteiger partial charge in [-0.3, -0.25) is 4.79 Å². The fraction of sp³-hybridized carbons (Fsp3) is 0.368. The Morgan fingerprint density at radius 1 is 1.28 bits per heavy atom. The number of sulfonamides is 1. The number of nitrogens with one attached hydrogen (secondary N) is 1. The van der Waals surface area contributed by atoms with E-state index < -0.39 is 15.9 Å². The van der Waals surface area contributed by atoms with E-state index in [1.165, 1.54) is 41.1 Å². The monoisotopic (exact) mass is 437 g/mol. The van der Waals surface area contributed by atoms with E-state index in [2.05, 4.69) is 10.5 Å². The Morgan fingerprint density at radius 2 is 2.07 bits per heavy atom. The van der Waals surface area contributed by atoms with E-state index in [4.69, 9.17) is 9.57 Å². The summed E-state index contributed by atoms with van der Waals surface area (Å²) in [5.74, 6) is -0.204. The van der Waals surface area contributed by atoms with E-state index in [0.717, 1.165) is 24.1 Å². The third-order valence-electron chi connectivity index (χ3n) is 4.37. The maximum absolute atomic E-state index is 13.0. The molecule has 156 valence electrons. The van der Waals surface area contributed by atoms with E-state index in [1.54, 1.807) is 6.07 Å². The first-order valence-electron chi connectivity index (χ1n) is 9.17. The summed E-state index contributed by atoms with van der Waals surface area (Å²) < 4.78 is 32.7. The number of thiophene rings is 1. The molecule has 1 aliphatic rings. The van der Waals surface area contributed by atoms with Crippen molar-refractivity contribution in [1.29, 1.82) is 0 Å². The Balaban J connectivity index is 1.67. The van der Waals surface area contributed by atoms with Gasteiger partial charge < -0.3 is 14.9 Å². The van der Waals surface area contributed by atoms with Crippen molar-refractivity contribution >= 4 is 39.2 Å². The van der Waals surface area contributed by atoms with Gasteiger partial charge in [0.15, 0.2) is 6.61 Å². The largest absolute Gasteiger partial charge is 0.495 e. The van der Waals surface area contributed by atoms with Crippen molar-refractivity contribution in [1.82, 2.24) is 4.31 Å². The average Bonchev–Trinajstić information content (AvgIpc) is 3.25. The number of hydrogen-bond donors (Lipinski definition) is 1. The number of benzene rings is 1. The third kappa shape index (κ3) is 5.55. The number of carbonyl (C=O) groups is 1. The van der Waals surface area contributed by atoms with Crippen LogP contribution in [0.2, 0.25) is 0 Å². The van der Waals surface area contributed by atoms with Gasteiger partial charge in [-0.05, 0) is 42.5 Å². The van der Waals surface area contributed by atoms with Crippen molar-refractivity contribution in [2.45, 2.75) is 24.2 Å². The number of carbonyl (C=O) groups excluding carboxylic acids is 1. The van der Waals surface area contributed by atoms with Crippen LogP contribution in [0.4, 0.5) is 5.69 Å². The predicted octanol–water partition coefficient (Wildman–Crippen LogP) is 2.92. The molecule has 1 N–H and O–H groups in total. The quantitative estimate of drug-likeness (QED) is 0.506. The number of ether oxygens (including phenoxy) is 1. The fourth-order valence-corrected chi connectivity index (χ4v) is 5.22. The van der Waals surface area contributed by atoms with Gasteiger partial charge in [0.2, 0.25) is 10.0 Å². The van der Waals surface area contributed by atoms with E-state index in [1.807, 2.05) is 17.5 Å². The molecule has 0 aliphatic carbocycles. The van der Waals surface area contributed by atoms with Gasteiger partial charge in [-0.15, -0.1) is 11.3 Å². The highest BCUT2D eigenvalue weighted by Gasteiger charge is 2.29. The number of rotatable bonds is 8. The van der Waals surface area contributed by atoms with Crippen LogP contribution in [-0.2, 0) is 19.7 Å². The smallest absolute Gasteiger partial charge is 0.265 e. The lowest BCUT2D eigenvalue weighted by Gasteiger charge is -2.26. The summed E-state index contributed by atoms with van der Waals surface area (Å²) in [6, 6.07) is 8.29. The van der Waals surface area contributed by atoms with Crippen LogP contribution in [0.1, 0.15) is 24.1 Å². The van der Waals surface area contributed by atoms with Crippen molar-refractivity contribution < 1.29 is 22.8 Å². The SMILES string of the molecule is COc1ccc(NC(=O)CO/N=C/c2cccs2)cc1S(=O)(=O)N1CCCCC1. The molecule has 8 nitrogen and oxygen atoms in total. The van der Waals surface area contributed by atoms with Crippen LogP contribution >= 0.6 is 11.3 Å². The zero-order valence-corrected chi connectivity index (χ0v) is 17.7. The van der Waals surface area contributed by atoms with Gasteiger partial charge in [0.1, 0.15) is 10.6 Å². The first-order valence-corrected chi connectivity index (χ1v) is 11.5. The number of amides is 1. The predicted molar refractivity (Wildman–Crippen MR) is 112 cm³/mol. The molecular weight excluding hydrogens is 414 g/mol. The minimum atomic E-state index is -3.71. The molecule has 0 radical (unpaired) electrons.